The lowest BCUT2D eigenvalue weighted by molar-refractivity contribution is -0.128. The zero-order valence-electron chi connectivity index (χ0n) is 24.6. The highest BCUT2D eigenvalue weighted by molar-refractivity contribution is 5.92. The highest BCUT2D eigenvalue weighted by atomic mass is 16.5. The van der Waals surface area contributed by atoms with Crippen LogP contribution >= 0.6 is 0 Å². The van der Waals surface area contributed by atoms with E-state index in [2.05, 4.69) is 52.6 Å². The maximum atomic E-state index is 12.6. The number of benzene rings is 2. The lowest BCUT2D eigenvalue weighted by Crippen LogP contribution is -2.55. The molecule has 0 radical (unpaired) electrons. The number of phenolic OH excluding ortho intramolecular Hbond substituents is 1. The van der Waals surface area contributed by atoms with Crippen LogP contribution in [-0.2, 0) is 24.3 Å². The van der Waals surface area contributed by atoms with Crippen molar-refractivity contribution >= 4 is 22.5 Å². The molecule has 1 amide bonds. The van der Waals surface area contributed by atoms with E-state index in [1.807, 2.05) is 12.1 Å². The van der Waals surface area contributed by atoms with Gasteiger partial charge in [-0.15, -0.1) is 0 Å². The molecule has 10 nitrogen and oxygen atoms in total. The monoisotopic (exact) mass is 579 g/mol. The van der Waals surface area contributed by atoms with Crippen LogP contribution in [0.2, 0.25) is 0 Å². The molecule has 3 aliphatic heterocycles. The summed E-state index contributed by atoms with van der Waals surface area (Å²) in [5.74, 6) is 0.959. The van der Waals surface area contributed by atoms with E-state index in [-0.39, 0.29) is 30.2 Å². The molecule has 2 saturated heterocycles. The highest BCUT2D eigenvalue weighted by Gasteiger charge is 2.38. The fourth-order valence-corrected chi connectivity index (χ4v) is 7.48. The second-order valence-electron chi connectivity index (χ2n) is 12.2. The molecule has 4 aliphatic rings. The number of nitrogens with zero attached hydrogens (tertiary/aromatic N) is 7. The molecular weight excluding hydrogens is 542 g/mol. The van der Waals surface area contributed by atoms with Gasteiger partial charge in [-0.05, 0) is 73.0 Å². The van der Waals surface area contributed by atoms with Gasteiger partial charge in [0.05, 0.1) is 24.2 Å². The van der Waals surface area contributed by atoms with Crippen molar-refractivity contribution in [2.24, 2.45) is 0 Å². The number of fused-ring (bicyclic) bond motifs is 1. The lowest BCUT2D eigenvalue weighted by atomic mass is 10.0. The quantitative estimate of drug-likeness (QED) is 0.421. The van der Waals surface area contributed by atoms with Crippen molar-refractivity contribution in [1.82, 2.24) is 24.7 Å². The van der Waals surface area contributed by atoms with Crippen LogP contribution in [0.25, 0.3) is 10.8 Å². The average Bonchev–Trinajstić information content (AvgIpc) is 3.72. The van der Waals surface area contributed by atoms with Crippen LogP contribution in [-0.4, -0.2) is 87.6 Å². The maximum Gasteiger partial charge on any atom is 0.318 e. The molecule has 3 atom stereocenters. The number of hydrogen-bond acceptors (Lipinski definition) is 9. The van der Waals surface area contributed by atoms with Crippen LogP contribution in [0.4, 0.5) is 5.82 Å². The molecule has 2 fully saturated rings. The summed E-state index contributed by atoms with van der Waals surface area (Å²) >= 11 is 0. The number of ether oxygens (including phenoxy) is 1. The van der Waals surface area contributed by atoms with Gasteiger partial charge in [-0.2, -0.15) is 15.2 Å². The van der Waals surface area contributed by atoms with Crippen molar-refractivity contribution in [2.45, 2.75) is 56.9 Å². The molecule has 3 aromatic rings. The van der Waals surface area contributed by atoms with E-state index < -0.39 is 0 Å². The summed E-state index contributed by atoms with van der Waals surface area (Å²) < 4.78 is 6.27. The van der Waals surface area contributed by atoms with Crippen molar-refractivity contribution in [3.05, 3.63) is 65.4 Å². The number of likely N-dealkylation sites (N-methyl/N-ethyl adjacent to an activating group) is 1. The van der Waals surface area contributed by atoms with Gasteiger partial charge in [-0.1, -0.05) is 24.8 Å². The largest absolute Gasteiger partial charge is 0.508 e. The molecule has 0 saturated carbocycles. The molecule has 2 aromatic carbocycles. The fraction of sp³-hybridized carbons (Fsp3) is 0.455. The summed E-state index contributed by atoms with van der Waals surface area (Å²) in [6.45, 7) is 8.17. The predicted molar refractivity (Wildman–Crippen MR) is 163 cm³/mol. The van der Waals surface area contributed by atoms with Crippen molar-refractivity contribution in [1.29, 1.82) is 5.26 Å². The Labute approximate surface area is 251 Å². The topological polar surface area (TPSA) is 109 Å². The Morgan fingerprint density at radius 2 is 2.09 bits per heavy atom. The third kappa shape index (κ3) is 4.96. The van der Waals surface area contributed by atoms with Crippen molar-refractivity contribution in [3.63, 3.8) is 0 Å². The second-order valence-corrected chi connectivity index (χ2v) is 12.2. The number of amides is 1. The lowest BCUT2D eigenvalue weighted by Gasteiger charge is -2.41. The molecule has 10 heteroatoms. The Morgan fingerprint density at radius 3 is 2.88 bits per heavy atom. The van der Waals surface area contributed by atoms with Gasteiger partial charge >= 0.3 is 6.01 Å². The van der Waals surface area contributed by atoms with Crippen molar-refractivity contribution in [3.8, 4) is 17.8 Å². The first kappa shape index (κ1) is 27.6. The van der Waals surface area contributed by atoms with E-state index in [1.54, 1.807) is 4.90 Å². The van der Waals surface area contributed by atoms with E-state index in [9.17, 15) is 15.2 Å². The zero-order chi connectivity index (χ0) is 29.7. The number of aromatic nitrogens is 2. The molecule has 43 heavy (non-hydrogen) atoms. The summed E-state index contributed by atoms with van der Waals surface area (Å²) in [7, 11) is 2.13. The van der Waals surface area contributed by atoms with Gasteiger partial charge in [0.15, 0.2) is 0 Å². The van der Waals surface area contributed by atoms with Gasteiger partial charge in [-0.3, -0.25) is 9.69 Å². The molecule has 4 heterocycles. The number of nitriles is 1. The third-order valence-electron chi connectivity index (χ3n) is 9.70. The molecule has 1 N–H and O–H groups in total. The Morgan fingerprint density at radius 1 is 1.21 bits per heavy atom. The summed E-state index contributed by atoms with van der Waals surface area (Å²) in [6.07, 6.45) is 4.69. The number of likely N-dealkylation sites (tertiary alicyclic amines) is 1. The number of phenols is 1. The van der Waals surface area contributed by atoms with Gasteiger partial charge in [-0.25, -0.2) is 0 Å². The van der Waals surface area contributed by atoms with E-state index in [4.69, 9.17) is 14.7 Å². The number of hydrogen-bond donors (Lipinski definition) is 1. The van der Waals surface area contributed by atoms with E-state index in [0.717, 1.165) is 53.8 Å². The van der Waals surface area contributed by atoms with Crippen molar-refractivity contribution in [2.75, 3.05) is 44.7 Å². The molecular formula is C33H37N7O3. The maximum absolute atomic E-state index is 12.6. The summed E-state index contributed by atoms with van der Waals surface area (Å²) in [5, 5.41) is 22.4. The highest BCUT2D eigenvalue weighted by Crippen LogP contribution is 2.45. The Bertz CT molecular complexity index is 1630. The van der Waals surface area contributed by atoms with Crippen LogP contribution in [0.15, 0.2) is 43.0 Å². The van der Waals surface area contributed by atoms with Gasteiger partial charge in [0.1, 0.15) is 18.2 Å². The SMILES string of the molecule is C=CC(=O)N1CCN(c2nc(OC[C@@H]3CCCN3C)nc3c2CN(C2Cc4cccc5cc(O)cc2c45)C3)C[C@@H]1CC#N. The summed E-state index contributed by atoms with van der Waals surface area (Å²) in [6, 6.07) is 12.9. The number of carbonyl (C=O) groups is 1. The van der Waals surface area contributed by atoms with Gasteiger partial charge in [0.2, 0.25) is 5.91 Å². The summed E-state index contributed by atoms with van der Waals surface area (Å²) in [5.41, 5.74) is 4.47. The molecule has 7 rings (SSSR count). The first-order valence-electron chi connectivity index (χ1n) is 15.2. The average molecular weight is 580 g/mol. The Kier molecular flexibility index (Phi) is 7.15. The number of carbonyl (C=O) groups excluding carboxylic acids is 1. The van der Waals surface area contributed by atoms with Gasteiger partial charge < -0.3 is 24.5 Å². The molecule has 1 aromatic heterocycles. The standard InChI is InChI=1S/C33H37N7O3/c1-3-30(42)40-13-12-38(17-23(40)9-10-34)32-27-18-39(19-28(27)35-33(36-32)43-20-24-8-5-11-37(24)2)29-15-22-7-4-6-21-14-25(41)16-26(29)31(21)22/h3-4,6-7,14,16,23-24,29,41H,1,5,8-9,11-13,15,17-20H2,2H3/t23-,24-,29?/m0/s1. The molecule has 1 aliphatic carbocycles. The minimum absolute atomic E-state index is 0.110. The van der Waals surface area contributed by atoms with E-state index in [1.165, 1.54) is 17.0 Å². The van der Waals surface area contributed by atoms with Gasteiger partial charge in [0.25, 0.3) is 0 Å². The van der Waals surface area contributed by atoms with Crippen LogP contribution in [0.3, 0.4) is 0 Å². The van der Waals surface area contributed by atoms with Crippen molar-refractivity contribution < 1.29 is 14.6 Å². The normalized spacial score (nSPS) is 23.5. The number of anilines is 1. The van der Waals surface area contributed by atoms with E-state index >= 15 is 0 Å². The zero-order valence-corrected chi connectivity index (χ0v) is 24.6. The first-order valence-corrected chi connectivity index (χ1v) is 15.2. The second kappa shape index (κ2) is 11.1. The molecule has 0 bridgehead atoms. The smallest absolute Gasteiger partial charge is 0.318 e. The third-order valence-corrected chi connectivity index (χ3v) is 9.70. The number of rotatable bonds is 7. The minimum Gasteiger partial charge on any atom is -0.508 e. The van der Waals surface area contributed by atoms with Crippen LogP contribution in [0, 0.1) is 11.3 Å². The summed E-state index contributed by atoms with van der Waals surface area (Å²) in [4.78, 5) is 31.2. The fourth-order valence-electron chi connectivity index (χ4n) is 7.48. The molecule has 222 valence electrons. The number of piperazine rings is 1. The van der Waals surface area contributed by atoms with Crippen LogP contribution in [0.5, 0.6) is 11.8 Å². The van der Waals surface area contributed by atoms with Crippen LogP contribution < -0.4 is 9.64 Å². The predicted octanol–water partition coefficient (Wildman–Crippen LogP) is 3.54. The van der Waals surface area contributed by atoms with Crippen LogP contribution in [0.1, 0.15) is 47.7 Å². The van der Waals surface area contributed by atoms with Gasteiger partial charge in [0, 0.05) is 50.4 Å². The molecule has 1 unspecified atom stereocenters. The minimum atomic E-state index is -0.256. The Balaban J connectivity index is 1.21. The Hall–Kier alpha value is -4.20. The van der Waals surface area contributed by atoms with E-state index in [0.29, 0.717) is 51.4 Å². The first-order chi connectivity index (χ1) is 20.9. The molecule has 0 spiro atoms. The number of aromatic hydroxyl groups is 1.